The molecule has 0 bridgehead atoms. The average Bonchev–Trinajstić information content (AvgIpc) is 3.29. The van der Waals surface area contributed by atoms with Crippen molar-refractivity contribution in [2.24, 2.45) is 0 Å². The number of carbonyl (C=O) groups is 1. The summed E-state index contributed by atoms with van der Waals surface area (Å²) in [4.78, 5) is 25.4. The summed E-state index contributed by atoms with van der Waals surface area (Å²) in [7, 11) is 5.36. The van der Waals surface area contributed by atoms with Crippen LogP contribution in [0.3, 0.4) is 0 Å². The second-order valence-electron chi connectivity index (χ2n) is 11.3. The molecule has 0 radical (unpaired) electrons. The smallest absolute Gasteiger partial charge is 0.229 e. The summed E-state index contributed by atoms with van der Waals surface area (Å²) in [6.45, 7) is 3.86. The van der Waals surface area contributed by atoms with E-state index in [0.29, 0.717) is 47.3 Å². The number of alkyl halides is 2. The lowest BCUT2D eigenvalue weighted by Gasteiger charge is -2.31. The molecule has 1 aliphatic heterocycles. The van der Waals surface area contributed by atoms with Gasteiger partial charge in [-0.25, -0.2) is 13.8 Å². The van der Waals surface area contributed by atoms with Crippen molar-refractivity contribution >= 4 is 63.6 Å². The Hall–Kier alpha value is -3.45. The largest absolute Gasteiger partial charge is 0.494 e. The van der Waals surface area contributed by atoms with Gasteiger partial charge in [-0.3, -0.25) is 4.79 Å². The highest BCUT2D eigenvalue weighted by atomic mass is 35.5. The molecular weight excluding hydrogens is 615 g/mol. The van der Waals surface area contributed by atoms with Gasteiger partial charge < -0.3 is 35.6 Å². The molecule has 4 N–H and O–H groups in total. The maximum Gasteiger partial charge on any atom is 0.229 e. The predicted molar refractivity (Wildman–Crippen MR) is 171 cm³/mol. The van der Waals surface area contributed by atoms with Gasteiger partial charge in [0.2, 0.25) is 11.9 Å². The number of hydrogen-bond acceptors (Lipinski definition) is 9. The van der Waals surface area contributed by atoms with Crippen LogP contribution in [0.2, 0.25) is 5.02 Å². The third-order valence-electron chi connectivity index (χ3n) is 7.05. The quantitative estimate of drug-likeness (QED) is 0.174. The number of halogens is 4. The van der Waals surface area contributed by atoms with Crippen LogP contribution in [0.15, 0.2) is 36.5 Å². The van der Waals surface area contributed by atoms with E-state index in [2.05, 4.69) is 25.9 Å². The number of aliphatic hydroxyl groups is 1. The van der Waals surface area contributed by atoms with E-state index < -0.39 is 17.6 Å². The van der Waals surface area contributed by atoms with Crippen LogP contribution in [-0.4, -0.2) is 78.3 Å². The summed E-state index contributed by atoms with van der Waals surface area (Å²) in [5.74, 6) is 0.114. The van der Waals surface area contributed by atoms with Gasteiger partial charge in [0, 0.05) is 61.4 Å². The maximum absolute atomic E-state index is 14.7. The minimum atomic E-state index is -1.37. The highest BCUT2D eigenvalue weighted by molar-refractivity contribution is 6.31. The van der Waals surface area contributed by atoms with Crippen molar-refractivity contribution in [2.45, 2.75) is 44.5 Å². The van der Waals surface area contributed by atoms with E-state index in [1.54, 1.807) is 18.2 Å². The molecule has 1 fully saturated rings. The number of methoxy groups -OCH3 is 1. The molecule has 1 aliphatic rings. The van der Waals surface area contributed by atoms with E-state index in [0.717, 1.165) is 0 Å². The van der Waals surface area contributed by atoms with Gasteiger partial charge in [0.1, 0.15) is 23.6 Å². The van der Waals surface area contributed by atoms with E-state index in [4.69, 9.17) is 27.9 Å². The van der Waals surface area contributed by atoms with Crippen LogP contribution in [-0.2, 0) is 10.4 Å². The molecular formula is C30H37Cl2F2N7O3. The number of aromatic nitrogens is 2. The Labute approximate surface area is 265 Å². The number of anilines is 6. The van der Waals surface area contributed by atoms with Crippen LogP contribution < -0.4 is 25.6 Å². The van der Waals surface area contributed by atoms with Crippen LogP contribution >= 0.6 is 23.2 Å². The summed E-state index contributed by atoms with van der Waals surface area (Å²) in [5, 5.41) is 19.6. The Morgan fingerprint density at radius 1 is 1.20 bits per heavy atom. The lowest BCUT2D eigenvalue weighted by atomic mass is 9.96. The Morgan fingerprint density at radius 3 is 2.61 bits per heavy atom. The number of benzene rings is 2. The highest BCUT2D eigenvalue weighted by Gasteiger charge is 2.34. The predicted octanol–water partition coefficient (Wildman–Crippen LogP) is 6.04. The fourth-order valence-electron chi connectivity index (χ4n) is 5.12. The van der Waals surface area contributed by atoms with Crippen molar-refractivity contribution in [3.05, 3.63) is 52.9 Å². The number of carbonyl (C=O) groups excluding carboxylic acids is 1. The van der Waals surface area contributed by atoms with Crippen molar-refractivity contribution in [2.75, 3.05) is 61.0 Å². The van der Waals surface area contributed by atoms with E-state index in [1.165, 1.54) is 39.3 Å². The van der Waals surface area contributed by atoms with Crippen LogP contribution in [0.4, 0.5) is 43.3 Å². The van der Waals surface area contributed by atoms with Crippen molar-refractivity contribution in [3.8, 4) is 5.75 Å². The molecule has 1 amide bonds. The molecule has 10 nitrogen and oxygen atoms in total. The fourth-order valence-corrected chi connectivity index (χ4v) is 5.46. The van der Waals surface area contributed by atoms with Gasteiger partial charge >= 0.3 is 0 Å². The molecule has 44 heavy (non-hydrogen) atoms. The molecule has 0 unspecified atom stereocenters. The summed E-state index contributed by atoms with van der Waals surface area (Å²) < 4.78 is 34.6. The molecule has 2 aromatic carbocycles. The number of nitrogens with zero attached hydrogens (tertiary/aromatic N) is 4. The van der Waals surface area contributed by atoms with E-state index in [9.17, 15) is 18.7 Å². The van der Waals surface area contributed by atoms with Gasteiger partial charge in [0.15, 0.2) is 0 Å². The molecule has 1 saturated heterocycles. The summed E-state index contributed by atoms with van der Waals surface area (Å²) in [6, 6.07) is 7.46. The van der Waals surface area contributed by atoms with Crippen LogP contribution in [0.25, 0.3) is 0 Å². The lowest BCUT2D eigenvalue weighted by Crippen LogP contribution is -2.38. The van der Waals surface area contributed by atoms with Gasteiger partial charge in [-0.05, 0) is 52.2 Å². The first-order valence-electron chi connectivity index (χ1n) is 14.0. The van der Waals surface area contributed by atoms with Crippen molar-refractivity contribution in [1.29, 1.82) is 0 Å². The Balaban J connectivity index is 1.70. The highest BCUT2D eigenvalue weighted by Crippen LogP contribution is 2.41. The summed E-state index contributed by atoms with van der Waals surface area (Å²) in [5.41, 5.74) is 0.787. The molecule has 238 valence electrons. The first-order valence-corrected chi connectivity index (χ1v) is 14.9. The first kappa shape index (κ1) is 33.4. The molecule has 14 heteroatoms. The van der Waals surface area contributed by atoms with Crippen molar-refractivity contribution in [1.82, 2.24) is 14.9 Å². The van der Waals surface area contributed by atoms with Gasteiger partial charge in [-0.15, -0.1) is 11.6 Å². The zero-order valence-electron chi connectivity index (χ0n) is 25.2. The number of amides is 1. The van der Waals surface area contributed by atoms with Gasteiger partial charge in [0.25, 0.3) is 0 Å². The number of rotatable bonds is 12. The van der Waals surface area contributed by atoms with Gasteiger partial charge in [-0.1, -0.05) is 11.6 Å². The van der Waals surface area contributed by atoms with Gasteiger partial charge in [0.05, 0.1) is 34.8 Å². The second kappa shape index (κ2) is 14.1. The minimum absolute atomic E-state index is 0.0967. The van der Waals surface area contributed by atoms with E-state index in [-0.39, 0.29) is 47.3 Å². The summed E-state index contributed by atoms with van der Waals surface area (Å²) >= 11 is 11.8. The average molecular weight is 653 g/mol. The Morgan fingerprint density at radius 2 is 1.95 bits per heavy atom. The fraction of sp³-hybridized carbons (Fsp3) is 0.433. The van der Waals surface area contributed by atoms with E-state index >= 15 is 0 Å². The Kier molecular flexibility index (Phi) is 10.7. The zero-order chi connectivity index (χ0) is 32.2. The number of hydrogen-bond donors (Lipinski definition) is 4. The number of likely N-dealkylation sites (N-methyl/N-ethyl adjacent to an activating group) is 1. The third kappa shape index (κ3) is 8.17. The zero-order valence-corrected chi connectivity index (χ0v) is 26.7. The molecule has 0 spiro atoms. The third-order valence-corrected chi connectivity index (χ3v) is 7.53. The lowest BCUT2D eigenvalue weighted by molar-refractivity contribution is -0.115. The molecule has 2 atom stereocenters. The van der Waals surface area contributed by atoms with E-state index in [1.807, 2.05) is 23.9 Å². The minimum Gasteiger partial charge on any atom is -0.494 e. The first-order chi connectivity index (χ1) is 20.8. The standard InChI is InChI=1S/C30H37Cl2F2N7O3/c1-30(2,43)19-11-21(34)20(32)12-22(19)36-27-7-9-35-29(39-27)38-24-13-23(37-28(42)6-8-31)25(14-26(24)44-5)41-15-17(33)10-18(41)16-40(3)4/h7,9,11-14,17-18,43H,6,8,10,15-16H2,1-5H3,(H,37,42)(H2,35,36,38,39)/t17-,18-/m1/s1. The topological polar surface area (TPSA) is 115 Å². The molecule has 0 saturated carbocycles. The molecule has 1 aromatic heterocycles. The molecule has 0 aliphatic carbocycles. The normalized spacial score (nSPS) is 16.8. The number of ether oxygens (including phenoxy) is 1. The molecule has 2 heterocycles. The Bertz CT molecular complexity index is 1490. The van der Waals surface area contributed by atoms with Crippen LogP contribution in [0.1, 0.15) is 32.3 Å². The van der Waals surface area contributed by atoms with Crippen LogP contribution in [0, 0.1) is 5.82 Å². The monoisotopic (exact) mass is 651 g/mol. The number of nitrogens with one attached hydrogen (secondary N) is 3. The van der Waals surface area contributed by atoms with Crippen molar-refractivity contribution in [3.63, 3.8) is 0 Å². The van der Waals surface area contributed by atoms with Gasteiger partial charge in [-0.2, -0.15) is 4.98 Å². The molecule has 4 rings (SSSR count). The molecule has 3 aromatic rings. The van der Waals surface area contributed by atoms with Crippen LogP contribution in [0.5, 0.6) is 5.75 Å². The second-order valence-corrected chi connectivity index (χ2v) is 12.1. The van der Waals surface area contributed by atoms with Crippen molar-refractivity contribution < 1.29 is 23.4 Å². The summed E-state index contributed by atoms with van der Waals surface area (Å²) in [6.07, 6.45) is 0.942. The maximum atomic E-state index is 14.7. The SMILES string of the molecule is COc1cc(N2C[C@H](F)C[C@@H]2CN(C)C)c(NC(=O)CCCl)cc1Nc1nccc(Nc2cc(Cl)c(F)cc2C(C)(C)O)n1.